The molecule has 0 aliphatic rings. The van der Waals surface area contributed by atoms with E-state index < -0.39 is 11.9 Å². The molecule has 0 saturated heterocycles. The average molecular weight is 242 g/mol. The van der Waals surface area contributed by atoms with E-state index >= 15 is 0 Å². The van der Waals surface area contributed by atoms with Crippen molar-refractivity contribution in [2.24, 2.45) is 0 Å². The molecule has 0 atom stereocenters. The topological polar surface area (TPSA) is 61.8 Å². The summed E-state index contributed by atoms with van der Waals surface area (Å²) in [7, 11) is 0. The van der Waals surface area contributed by atoms with Crippen molar-refractivity contribution in [3.8, 4) is 0 Å². The second-order valence-corrected chi connectivity index (χ2v) is 2.85. The van der Waals surface area contributed by atoms with Gasteiger partial charge in [0.1, 0.15) is 0 Å². The molecule has 0 aromatic rings. The van der Waals surface area contributed by atoms with Gasteiger partial charge in [-0.25, -0.2) is 9.59 Å². The van der Waals surface area contributed by atoms with E-state index in [-0.39, 0.29) is 13.2 Å². The molecule has 0 aliphatic carbocycles. The van der Waals surface area contributed by atoms with E-state index in [1.165, 1.54) is 12.2 Å². The first-order valence-electron chi connectivity index (χ1n) is 5.45. The molecule has 0 aromatic heterocycles. The van der Waals surface area contributed by atoms with Gasteiger partial charge in [-0.3, -0.25) is 0 Å². The molecule has 0 aliphatic heterocycles. The van der Waals surface area contributed by atoms with Crippen LogP contribution in [0.5, 0.6) is 0 Å². The Labute approximate surface area is 101 Å². The predicted octanol–water partition coefficient (Wildman–Crippen LogP) is 1.24. The summed E-state index contributed by atoms with van der Waals surface area (Å²) in [6, 6.07) is 0. The van der Waals surface area contributed by atoms with Gasteiger partial charge in [0.15, 0.2) is 0 Å². The Balaban J connectivity index is 3.52. The second kappa shape index (κ2) is 10.9. The van der Waals surface area contributed by atoms with Crippen molar-refractivity contribution < 1.29 is 23.8 Å². The van der Waals surface area contributed by atoms with Crippen molar-refractivity contribution in [1.29, 1.82) is 0 Å². The fraction of sp³-hybridized carbons (Fsp3) is 0.500. The third-order valence-corrected chi connectivity index (χ3v) is 1.51. The minimum absolute atomic E-state index is 0.284. The summed E-state index contributed by atoms with van der Waals surface area (Å²) in [6.07, 6.45) is 5.71. The fourth-order valence-electron chi connectivity index (χ4n) is 0.874. The summed E-state index contributed by atoms with van der Waals surface area (Å²) in [5.74, 6) is -0.781. The SMILES string of the molecule is CCOC(=O)/C=C/COC/C=C/C(=O)OCC. The van der Waals surface area contributed by atoms with Crippen molar-refractivity contribution in [3.05, 3.63) is 24.3 Å². The zero-order chi connectivity index (χ0) is 12.9. The molecule has 0 radical (unpaired) electrons. The lowest BCUT2D eigenvalue weighted by Crippen LogP contribution is -2.01. The number of esters is 2. The number of ether oxygens (including phenoxy) is 3. The third kappa shape index (κ3) is 10.7. The average Bonchev–Trinajstić information content (AvgIpc) is 2.28. The molecule has 96 valence electrons. The number of hydrogen-bond donors (Lipinski definition) is 0. The smallest absolute Gasteiger partial charge is 0.330 e. The van der Waals surface area contributed by atoms with E-state index in [2.05, 4.69) is 9.47 Å². The van der Waals surface area contributed by atoms with E-state index in [4.69, 9.17) is 4.74 Å². The van der Waals surface area contributed by atoms with Gasteiger partial charge in [-0.1, -0.05) is 12.2 Å². The van der Waals surface area contributed by atoms with Gasteiger partial charge in [0, 0.05) is 12.2 Å². The molecule has 5 nitrogen and oxygen atoms in total. The lowest BCUT2D eigenvalue weighted by Gasteiger charge is -1.97. The lowest BCUT2D eigenvalue weighted by atomic mass is 10.5. The van der Waals surface area contributed by atoms with Crippen LogP contribution in [0.4, 0.5) is 0 Å². The van der Waals surface area contributed by atoms with Crippen LogP contribution in [0.15, 0.2) is 24.3 Å². The lowest BCUT2D eigenvalue weighted by molar-refractivity contribution is -0.138. The van der Waals surface area contributed by atoms with Gasteiger partial charge in [-0.2, -0.15) is 0 Å². The Kier molecular flexibility index (Phi) is 9.85. The fourth-order valence-corrected chi connectivity index (χ4v) is 0.874. The standard InChI is InChI=1S/C12H18O5/c1-3-16-11(13)7-5-9-15-10-6-8-12(14)17-4-2/h5-8H,3-4,9-10H2,1-2H3/b7-5+,8-6+. The van der Waals surface area contributed by atoms with Crippen LogP contribution >= 0.6 is 0 Å². The maximum absolute atomic E-state index is 10.9. The molecule has 0 aromatic carbocycles. The first-order chi connectivity index (χ1) is 8.20. The molecule has 5 heteroatoms. The molecule has 0 fully saturated rings. The van der Waals surface area contributed by atoms with Crippen molar-refractivity contribution in [2.45, 2.75) is 13.8 Å². The van der Waals surface area contributed by atoms with Crippen LogP contribution in [0.2, 0.25) is 0 Å². The van der Waals surface area contributed by atoms with E-state index in [0.717, 1.165) is 0 Å². The molecule has 0 saturated carbocycles. The molecule has 0 N–H and O–H groups in total. The summed E-state index contributed by atoms with van der Waals surface area (Å²) in [5, 5.41) is 0. The van der Waals surface area contributed by atoms with Gasteiger partial charge in [0.25, 0.3) is 0 Å². The minimum Gasteiger partial charge on any atom is -0.463 e. The van der Waals surface area contributed by atoms with Crippen LogP contribution in [0, 0.1) is 0 Å². The summed E-state index contributed by atoms with van der Waals surface area (Å²) in [4.78, 5) is 21.7. The maximum atomic E-state index is 10.9. The van der Waals surface area contributed by atoms with Gasteiger partial charge in [-0.15, -0.1) is 0 Å². The molecular formula is C12H18O5. The highest BCUT2D eigenvalue weighted by molar-refractivity contribution is 5.82. The van der Waals surface area contributed by atoms with Gasteiger partial charge in [0.2, 0.25) is 0 Å². The Morgan fingerprint density at radius 3 is 1.65 bits per heavy atom. The summed E-state index contributed by atoms with van der Waals surface area (Å²) in [5.41, 5.74) is 0. The van der Waals surface area contributed by atoms with Crippen LogP contribution < -0.4 is 0 Å². The Hall–Kier alpha value is -1.62. The quantitative estimate of drug-likeness (QED) is 0.364. The van der Waals surface area contributed by atoms with Crippen molar-refractivity contribution in [2.75, 3.05) is 26.4 Å². The first-order valence-corrected chi connectivity index (χ1v) is 5.45. The van der Waals surface area contributed by atoms with Crippen LogP contribution in [0.1, 0.15) is 13.8 Å². The number of rotatable bonds is 8. The Bertz CT molecular complexity index is 253. The third-order valence-electron chi connectivity index (χ3n) is 1.51. The number of carbonyl (C=O) groups is 2. The summed E-state index contributed by atoms with van der Waals surface area (Å²) in [6.45, 7) is 4.75. The molecule has 0 heterocycles. The highest BCUT2D eigenvalue weighted by Gasteiger charge is 1.93. The molecular weight excluding hydrogens is 224 g/mol. The minimum atomic E-state index is -0.391. The van der Waals surface area contributed by atoms with Gasteiger partial charge in [-0.05, 0) is 13.8 Å². The molecule has 17 heavy (non-hydrogen) atoms. The molecule has 0 amide bonds. The molecule has 0 spiro atoms. The molecule has 0 bridgehead atoms. The van der Waals surface area contributed by atoms with Crippen LogP contribution in [0.25, 0.3) is 0 Å². The Morgan fingerprint density at radius 1 is 0.882 bits per heavy atom. The highest BCUT2D eigenvalue weighted by Crippen LogP contribution is 1.85. The van der Waals surface area contributed by atoms with Crippen molar-refractivity contribution >= 4 is 11.9 Å². The van der Waals surface area contributed by atoms with E-state index in [9.17, 15) is 9.59 Å². The van der Waals surface area contributed by atoms with E-state index in [0.29, 0.717) is 13.2 Å². The van der Waals surface area contributed by atoms with Crippen LogP contribution in [0.3, 0.4) is 0 Å². The van der Waals surface area contributed by atoms with Gasteiger partial charge in [0.05, 0.1) is 26.4 Å². The summed E-state index contributed by atoms with van der Waals surface area (Å²) >= 11 is 0. The predicted molar refractivity (Wildman–Crippen MR) is 62.4 cm³/mol. The largest absolute Gasteiger partial charge is 0.463 e. The van der Waals surface area contributed by atoms with Crippen molar-refractivity contribution in [3.63, 3.8) is 0 Å². The van der Waals surface area contributed by atoms with Crippen molar-refractivity contribution in [1.82, 2.24) is 0 Å². The Morgan fingerprint density at radius 2 is 1.29 bits per heavy atom. The van der Waals surface area contributed by atoms with Gasteiger partial charge < -0.3 is 14.2 Å². The monoisotopic (exact) mass is 242 g/mol. The normalized spacial score (nSPS) is 10.9. The zero-order valence-electron chi connectivity index (χ0n) is 10.2. The van der Waals surface area contributed by atoms with E-state index in [1.54, 1.807) is 26.0 Å². The van der Waals surface area contributed by atoms with Gasteiger partial charge >= 0.3 is 11.9 Å². The molecule has 0 unspecified atom stereocenters. The molecule has 0 rings (SSSR count). The van der Waals surface area contributed by atoms with Crippen LogP contribution in [-0.4, -0.2) is 38.4 Å². The highest BCUT2D eigenvalue weighted by atomic mass is 16.5. The van der Waals surface area contributed by atoms with Crippen LogP contribution in [-0.2, 0) is 23.8 Å². The number of carbonyl (C=O) groups excluding carboxylic acids is 2. The number of hydrogen-bond acceptors (Lipinski definition) is 5. The zero-order valence-corrected chi connectivity index (χ0v) is 10.2. The maximum Gasteiger partial charge on any atom is 0.330 e. The summed E-state index contributed by atoms with van der Waals surface area (Å²) < 4.78 is 14.4. The van der Waals surface area contributed by atoms with E-state index in [1.807, 2.05) is 0 Å². The first kappa shape index (κ1) is 15.4. The second-order valence-electron chi connectivity index (χ2n) is 2.85.